The number of nitrogens with one attached hydrogen (secondary N) is 1. The molecule has 0 bridgehead atoms. The first-order valence-electron chi connectivity index (χ1n) is 9.93. The van der Waals surface area contributed by atoms with Gasteiger partial charge in [-0.2, -0.15) is 0 Å². The van der Waals surface area contributed by atoms with Gasteiger partial charge in [-0.1, -0.05) is 18.2 Å². The van der Waals surface area contributed by atoms with Gasteiger partial charge < -0.3 is 24.4 Å². The summed E-state index contributed by atoms with van der Waals surface area (Å²) in [5.74, 6) is 0.984. The lowest BCUT2D eigenvalue weighted by molar-refractivity contribution is -0.117. The summed E-state index contributed by atoms with van der Waals surface area (Å²) in [6, 6.07) is 10.5. The highest BCUT2D eigenvalue weighted by Crippen LogP contribution is 2.43. The van der Waals surface area contributed by atoms with Crippen LogP contribution >= 0.6 is 11.3 Å². The van der Waals surface area contributed by atoms with Gasteiger partial charge in [-0.25, -0.2) is 4.98 Å². The van der Waals surface area contributed by atoms with Gasteiger partial charge in [0.2, 0.25) is 11.7 Å². The number of hydrogen-bond acceptors (Lipinski definition) is 7. The van der Waals surface area contributed by atoms with Crippen LogP contribution in [0.5, 0.6) is 17.2 Å². The quantitative estimate of drug-likeness (QED) is 0.557. The van der Waals surface area contributed by atoms with E-state index in [4.69, 9.17) is 14.2 Å². The number of rotatable bonds is 8. The molecule has 1 aliphatic heterocycles. The van der Waals surface area contributed by atoms with E-state index in [0.717, 1.165) is 5.56 Å². The summed E-state index contributed by atoms with van der Waals surface area (Å²) < 4.78 is 16.4. The molecule has 1 unspecified atom stereocenters. The van der Waals surface area contributed by atoms with E-state index in [-0.39, 0.29) is 18.2 Å². The van der Waals surface area contributed by atoms with Gasteiger partial charge in [0, 0.05) is 23.7 Å². The molecule has 0 aliphatic carbocycles. The van der Waals surface area contributed by atoms with Crippen LogP contribution in [0.2, 0.25) is 0 Å². The summed E-state index contributed by atoms with van der Waals surface area (Å²) in [5.41, 5.74) is 2.27. The molecule has 1 N–H and O–H groups in total. The number of thiazole rings is 1. The summed E-state index contributed by atoms with van der Waals surface area (Å²) in [7, 11) is 4.59. The summed E-state index contributed by atoms with van der Waals surface area (Å²) >= 11 is 1.33. The van der Waals surface area contributed by atoms with E-state index in [1.165, 1.54) is 32.7 Å². The lowest BCUT2D eigenvalue weighted by Crippen LogP contribution is -2.32. The number of carbonyl (C=O) groups is 2. The number of anilines is 1. The van der Waals surface area contributed by atoms with Crippen molar-refractivity contribution in [3.63, 3.8) is 0 Å². The third kappa shape index (κ3) is 4.11. The fraction of sp³-hybridized carbons (Fsp3) is 0.261. The van der Waals surface area contributed by atoms with Gasteiger partial charge in [0.15, 0.2) is 16.6 Å². The first-order valence-corrected chi connectivity index (χ1v) is 10.8. The topological polar surface area (TPSA) is 90.0 Å². The SMILES string of the molecule is COc1cc(C(CC(=O)Nc2nccs2)N2Cc3ccccc3C2=O)cc(OC)c1OC. The third-order valence-electron chi connectivity index (χ3n) is 5.35. The number of methoxy groups -OCH3 is 3. The molecule has 3 aromatic rings. The highest BCUT2D eigenvalue weighted by Gasteiger charge is 2.35. The Hall–Kier alpha value is -3.59. The standard InChI is InChI=1S/C23H23N3O5S/c1-29-18-10-15(11-19(30-2)21(18)31-3)17(12-20(27)25-23-24-8-9-32-23)26-13-14-6-4-5-7-16(14)22(26)28/h4-11,17H,12-13H2,1-3H3,(H,24,25,27). The molecular weight excluding hydrogens is 430 g/mol. The highest BCUT2D eigenvalue weighted by atomic mass is 32.1. The molecule has 1 aromatic heterocycles. The van der Waals surface area contributed by atoms with Crippen LogP contribution in [0.3, 0.4) is 0 Å². The minimum absolute atomic E-state index is 0.0396. The zero-order chi connectivity index (χ0) is 22.7. The molecule has 8 nitrogen and oxygen atoms in total. The van der Waals surface area contributed by atoms with Crippen LogP contribution in [0.4, 0.5) is 5.13 Å². The van der Waals surface area contributed by atoms with Crippen molar-refractivity contribution in [1.29, 1.82) is 0 Å². The van der Waals surface area contributed by atoms with E-state index in [0.29, 0.717) is 40.1 Å². The number of amides is 2. The number of nitrogens with zero attached hydrogens (tertiary/aromatic N) is 2. The van der Waals surface area contributed by atoms with Gasteiger partial charge >= 0.3 is 0 Å². The summed E-state index contributed by atoms with van der Waals surface area (Å²) in [4.78, 5) is 31.9. The fourth-order valence-electron chi connectivity index (χ4n) is 3.86. The van der Waals surface area contributed by atoms with E-state index in [1.54, 1.807) is 34.7 Å². The predicted octanol–water partition coefficient (Wildman–Crippen LogP) is 3.89. The van der Waals surface area contributed by atoms with Crippen LogP contribution in [-0.2, 0) is 11.3 Å². The second-order valence-corrected chi connectivity index (χ2v) is 8.05. The molecule has 0 radical (unpaired) electrons. The predicted molar refractivity (Wildman–Crippen MR) is 121 cm³/mol. The molecule has 32 heavy (non-hydrogen) atoms. The lowest BCUT2D eigenvalue weighted by atomic mass is 10.00. The monoisotopic (exact) mass is 453 g/mol. The summed E-state index contributed by atoms with van der Waals surface area (Å²) in [6.07, 6.45) is 1.66. The van der Waals surface area contributed by atoms with Gasteiger partial charge in [0.05, 0.1) is 33.8 Å². The van der Waals surface area contributed by atoms with Gasteiger partial charge in [0.1, 0.15) is 0 Å². The van der Waals surface area contributed by atoms with Crippen molar-refractivity contribution in [2.45, 2.75) is 19.0 Å². The number of benzene rings is 2. The fourth-order valence-corrected chi connectivity index (χ4v) is 4.41. The molecule has 9 heteroatoms. The summed E-state index contributed by atoms with van der Waals surface area (Å²) in [5, 5.41) is 5.10. The van der Waals surface area contributed by atoms with Gasteiger partial charge in [-0.15, -0.1) is 11.3 Å². The molecule has 2 amide bonds. The molecule has 1 aliphatic rings. The molecule has 166 valence electrons. The number of ether oxygens (including phenoxy) is 3. The molecule has 2 heterocycles. The molecule has 0 fully saturated rings. The van der Waals surface area contributed by atoms with Crippen LogP contribution in [0.1, 0.15) is 33.9 Å². The van der Waals surface area contributed by atoms with Crippen LogP contribution < -0.4 is 19.5 Å². The molecule has 0 saturated carbocycles. The highest BCUT2D eigenvalue weighted by molar-refractivity contribution is 7.13. The maximum absolute atomic E-state index is 13.2. The van der Waals surface area contributed by atoms with Crippen LogP contribution in [-0.4, -0.2) is 43.0 Å². The van der Waals surface area contributed by atoms with Crippen molar-refractivity contribution in [1.82, 2.24) is 9.88 Å². The Morgan fingerprint density at radius 2 is 1.88 bits per heavy atom. The van der Waals surface area contributed by atoms with E-state index >= 15 is 0 Å². The lowest BCUT2D eigenvalue weighted by Gasteiger charge is -2.29. The van der Waals surface area contributed by atoms with Crippen LogP contribution in [0, 0.1) is 0 Å². The molecule has 0 saturated heterocycles. The molecule has 1 atom stereocenters. The van der Waals surface area contributed by atoms with E-state index in [9.17, 15) is 9.59 Å². The Bertz CT molecular complexity index is 1110. The Kier molecular flexibility index (Phi) is 6.27. The van der Waals surface area contributed by atoms with Gasteiger partial charge in [0.25, 0.3) is 5.91 Å². The third-order valence-corrected chi connectivity index (χ3v) is 6.04. The van der Waals surface area contributed by atoms with E-state index in [2.05, 4.69) is 10.3 Å². The molecule has 2 aromatic carbocycles. The Morgan fingerprint density at radius 1 is 1.16 bits per heavy atom. The number of carbonyl (C=O) groups excluding carboxylic acids is 2. The molecule has 4 rings (SSSR count). The second kappa shape index (κ2) is 9.27. The van der Waals surface area contributed by atoms with E-state index < -0.39 is 6.04 Å². The number of aromatic nitrogens is 1. The Balaban J connectivity index is 1.73. The largest absolute Gasteiger partial charge is 0.493 e. The first-order chi connectivity index (χ1) is 15.5. The molecule has 0 spiro atoms. The first kappa shape index (κ1) is 21.6. The van der Waals surface area contributed by atoms with Crippen LogP contribution in [0.25, 0.3) is 0 Å². The second-order valence-electron chi connectivity index (χ2n) is 7.15. The molecular formula is C23H23N3O5S. The van der Waals surface area contributed by atoms with Gasteiger partial charge in [-0.3, -0.25) is 9.59 Å². The average Bonchev–Trinajstić information content (AvgIpc) is 3.44. The maximum atomic E-state index is 13.2. The minimum Gasteiger partial charge on any atom is -0.493 e. The van der Waals surface area contributed by atoms with Crippen molar-refractivity contribution in [3.05, 3.63) is 64.7 Å². The van der Waals surface area contributed by atoms with Gasteiger partial charge in [-0.05, 0) is 29.3 Å². The smallest absolute Gasteiger partial charge is 0.255 e. The Labute approximate surface area is 189 Å². The zero-order valence-electron chi connectivity index (χ0n) is 18.0. The minimum atomic E-state index is -0.552. The van der Waals surface area contributed by atoms with Crippen molar-refractivity contribution in [3.8, 4) is 17.2 Å². The van der Waals surface area contributed by atoms with E-state index in [1.807, 2.05) is 18.2 Å². The average molecular weight is 454 g/mol. The maximum Gasteiger partial charge on any atom is 0.255 e. The van der Waals surface area contributed by atoms with Crippen molar-refractivity contribution in [2.75, 3.05) is 26.6 Å². The van der Waals surface area contributed by atoms with Crippen molar-refractivity contribution in [2.24, 2.45) is 0 Å². The number of hydrogen-bond donors (Lipinski definition) is 1. The van der Waals surface area contributed by atoms with Crippen LogP contribution in [0.15, 0.2) is 48.0 Å². The number of fused-ring (bicyclic) bond motifs is 1. The van der Waals surface area contributed by atoms with Crippen molar-refractivity contribution >= 4 is 28.3 Å². The summed E-state index contributed by atoms with van der Waals surface area (Å²) in [6.45, 7) is 0.404. The zero-order valence-corrected chi connectivity index (χ0v) is 18.8. The Morgan fingerprint density at radius 3 is 2.47 bits per heavy atom. The van der Waals surface area contributed by atoms with Crippen molar-refractivity contribution < 1.29 is 23.8 Å². The normalized spacial score (nSPS) is 13.5.